The lowest BCUT2D eigenvalue weighted by molar-refractivity contribution is -0.146. The van der Waals surface area contributed by atoms with Crippen LogP contribution in [0.1, 0.15) is 43.0 Å². The maximum absolute atomic E-state index is 12.1. The van der Waals surface area contributed by atoms with Crippen molar-refractivity contribution in [3.8, 4) is 5.75 Å². The smallest absolute Gasteiger partial charge is 0.308 e. The number of ether oxygens (including phenoxy) is 1. The third kappa shape index (κ3) is 5.56. The van der Waals surface area contributed by atoms with Gasteiger partial charge in [0.05, 0.1) is 31.0 Å². The highest BCUT2D eigenvalue weighted by molar-refractivity contribution is 5.83. The number of carbonyl (C=O) groups is 1. The summed E-state index contributed by atoms with van der Waals surface area (Å²) >= 11 is 0. The van der Waals surface area contributed by atoms with E-state index in [9.17, 15) is 15.0 Å². The van der Waals surface area contributed by atoms with Gasteiger partial charge >= 0.3 is 5.97 Å². The first-order valence-corrected chi connectivity index (χ1v) is 12.0. The first-order valence-electron chi connectivity index (χ1n) is 12.0. The predicted octanol–water partition coefficient (Wildman–Crippen LogP) is 3.45. The van der Waals surface area contributed by atoms with Crippen molar-refractivity contribution in [1.29, 1.82) is 0 Å². The number of piperidine rings is 1. The number of aliphatic carboxylic acids is 1. The number of aliphatic hydroxyl groups is 1. The van der Waals surface area contributed by atoms with Gasteiger partial charge in [-0.1, -0.05) is 0 Å². The lowest BCUT2D eigenvalue weighted by atomic mass is 9.81. The van der Waals surface area contributed by atoms with E-state index in [1.165, 1.54) is 5.69 Å². The Labute approximate surface area is 200 Å². The lowest BCUT2D eigenvalue weighted by Gasteiger charge is -2.37. The summed E-state index contributed by atoms with van der Waals surface area (Å²) in [5.41, 5.74) is 2.81. The van der Waals surface area contributed by atoms with Crippen LogP contribution in [-0.2, 0) is 18.3 Å². The van der Waals surface area contributed by atoms with Gasteiger partial charge in [0.1, 0.15) is 5.75 Å². The van der Waals surface area contributed by atoms with E-state index in [1.807, 2.05) is 42.1 Å². The number of hydrogen-bond donors (Lipinski definition) is 2. The van der Waals surface area contributed by atoms with Gasteiger partial charge in [0.25, 0.3) is 0 Å². The summed E-state index contributed by atoms with van der Waals surface area (Å²) in [5, 5.41) is 21.7. The molecule has 2 N–H and O–H groups in total. The monoisotopic (exact) mass is 466 g/mol. The van der Waals surface area contributed by atoms with Crippen LogP contribution in [0, 0.1) is 11.8 Å². The number of imidazole rings is 1. The molecule has 4 rings (SSSR count). The third-order valence-corrected chi connectivity index (χ3v) is 7.13. The fourth-order valence-corrected chi connectivity index (χ4v) is 5.10. The van der Waals surface area contributed by atoms with Crippen molar-refractivity contribution in [2.75, 3.05) is 26.7 Å². The summed E-state index contributed by atoms with van der Waals surface area (Å²) in [4.78, 5) is 22.9. The van der Waals surface area contributed by atoms with E-state index < -0.39 is 18.0 Å². The zero-order valence-corrected chi connectivity index (χ0v) is 19.9. The first-order chi connectivity index (χ1) is 16.5. The minimum Gasteiger partial charge on any atom is -0.497 e. The standard InChI is InChI=1S/C26H34N4O4/c1-29-17-27-15-19(29)4-3-12-30-13-10-18(23(16-30)26(32)33)5-8-25(31)21-9-11-28-24-7-6-20(34-2)14-22(21)24/h6-7,9,11,14-15,17-18,23,25,31H,3-5,8,10,12-13,16H2,1-2H3,(H,32,33)/t18-,23+,25-/m1/s1. The van der Waals surface area contributed by atoms with Gasteiger partial charge in [0.15, 0.2) is 0 Å². The van der Waals surface area contributed by atoms with Crippen LogP contribution in [-0.4, -0.2) is 62.4 Å². The maximum atomic E-state index is 12.1. The molecule has 0 bridgehead atoms. The second-order valence-electron chi connectivity index (χ2n) is 9.27. The number of aromatic nitrogens is 3. The van der Waals surface area contributed by atoms with Crippen molar-refractivity contribution in [3.63, 3.8) is 0 Å². The Hall–Kier alpha value is -2.97. The highest BCUT2D eigenvalue weighted by atomic mass is 16.5. The topological polar surface area (TPSA) is 101 Å². The van der Waals surface area contributed by atoms with Gasteiger partial charge in [0.2, 0.25) is 0 Å². The average molecular weight is 467 g/mol. The number of hydrogen-bond acceptors (Lipinski definition) is 6. The van der Waals surface area contributed by atoms with Crippen LogP contribution in [0.2, 0.25) is 0 Å². The van der Waals surface area contributed by atoms with Crippen LogP contribution < -0.4 is 4.74 Å². The first kappa shape index (κ1) is 24.2. The van der Waals surface area contributed by atoms with Crippen molar-refractivity contribution >= 4 is 16.9 Å². The molecule has 34 heavy (non-hydrogen) atoms. The van der Waals surface area contributed by atoms with Gasteiger partial charge in [-0.15, -0.1) is 0 Å². The maximum Gasteiger partial charge on any atom is 0.308 e. The Morgan fingerprint density at radius 1 is 1.32 bits per heavy atom. The van der Waals surface area contributed by atoms with Crippen LogP contribution in [0.25, 0.3) is 10.9 Å². The van der Waals surface area contributed by atoms with E-state index in [1.54, 1.807) is 19.6 Å². The molecule has 0 unspecified atom stereocenters. The Morgan fingerprint density at radius 2 is 2.18 bits per heavy atom. The summed E-state index contributed by atoms with van der Waals surface area (Å²) < 4.78 is 7.36. The van der Waals surface area contributed by atoms with Gasteiger partial charge in [-0.2, -0.15) is 0 Å². The molecule has 0 saturated carbocycles. The zero-order chi connectivity index (χ0) is 24.1. The lowest BCUT2D eigenvalue weighted by Crippen LogP contribution is -2.44. The van der Waals surface area contributed by atoms with Crippen molar-refractivity contribution < 1.29 is 19.7 Å². The van der Waals surface area contributed by atoms with Gasteiger partial charge in [0, 0.05) is 37.1 Å². The number of fused-ring (bicyclic) bond motifs is 1. The fraction of sp³-hybridized carbons (Fsp3) is 0.500. The van der Waals surface area contributed by atoms with E-state index in [4.69, 9.17) is 4.74 Å². The number of benzene rings is 1. The van der Waals surface area contributed by atoms with Gasteiger partial charge in [-0.3, -0.25) is 9.78 Å². The molecule has 8 heteroatoms. The number of likely N-dealkylation sites (tertiary alicyclic amines) is 1. The Morgan fingerprint density at radius 3 is 2.91 bits per heavy atom. The molecule has 0 amide bonds. The number of carboxylic acids is 1. The number of aliphatic hydroxyl groups excluding tert-OH is 1. The number of pyridine rings is 1. The van der Waals surface area contributed by atoms with E-state index >= 15 is 0 Å². The van der Waals surface area contributed by atoms with Crippen molar-refractivity contribution in [3.05, 3.63) is 54.2 Å². The summed E-state index contributed by atoms with van der Waals surface area (Å²) in [5.74, 6) is -0.374. The average Bonchev–Trinajstić information content (AvgIpc) is 3.26. The summed E-state index contributed by atoms with van der Waals surface area (Å²) in [7, 11) is 3.61. The molecule has 0 aliphatic carbocycles. The fourth-order valence-electron chi connectivity index (χ4n) is 5.10. The van der Waals surface area contributed by atoms with Crippen LogP contribution in [0.15, 0.2) is 43.0 Å². The highest BCUT2D eigenvalue weighted by Gasteiger charge is 2.34. The number of methoxy groups -OCH3 is 1. The second-order valence-corrected chi connectivity index (χ2v) is 9.27. The molecular weight excluding hydrogens is 432 g/mol. The quantitative estimate of drug-likeness (QED) is 0.472. The Kier molecular flexibility index (Phi) is 7.80. The molecule has 3 atom stereocenters. The van der Waals surface area contributed by atoms with Crippen LogP contribution in [0.3, 0.4) is 0 Å². The minimum absolute atomic E-state index is 0.0584. The molecule has 2 aromatic heterocycles. The van der Waals surface area contributed by atoms with Crippen molar-refractivity contribution in [1.82, 2.24) is 19.4 Å². The molecule has 1 fully saturated rings. The third-order valence-electron chi connectivity index (χ3n) is 7.13. The minimum atomic E-state index is -0.741. The summed E-state index contributed by atoms with van der Waals surface area (Å²) in [6.07, 6.45) is 8.67. The summed E-state index contributed by atoms with van der Waals surface area (Å²) in [6, 6.07) is 7.47. The number of carboxylic acid groups (broad SMARTS) is 1. The molecule has 1 aliphatic heterocycles. The highest BCUT2D eigenvalue weighted by Crippen LogP contribution is 2.33. The summed E-state index contributed by atoms with van der Waals surface area (Å²) in [6.45, 7) is 2.34. The number of aryl methyl sites for hydroxylation is 2. The van der Waals surface area contributed by atoms with Crippen molar-refractivity contribution in [2.24, 2.45) is 18.9 Å². The molecule has 1 aliphatic rings. The molecule has 182 valence electrons. The predicted molar refractivity (Wildman–Crippen MR) is 130 cm³/mol. The van der Waals surface area contributed by atoms with Crippen LogP contribution in [0.4, 0.5) is 0 Å². The molecule has 1 aromatic carbocycles. The van der Waals surface area contributed by atoms with Gasteiger partial charge in [-0.25, -0.2) is 4.98 Å². The Balaban J connectivity index is 1.34. The number of nitrogens with zero attached hydrogens (tertiary/aromatic N) is 4. The largest absolute Gasteiger partial charge is 0.497 e. The second kappa shape index (κ2) is 11.0. The number of rotatable bonds is 10. The van der Waals surface area contributed by atoms with Gasteiger partial charge in [-0.05, 0) is 80.9 Å². The van der Waals surface area contributed by atoms with Crippen LogP contribution >= 0.6 is 0 Å². The van der Waals surface area contributed by atoms with E-state index in [2.05, 4.69) is 14.9 Å². The molecular formula is C26H34N4O4. The zero-order valence-electron chi connectivity index (χ0n) is 19.9. The molecule has 8 nitrogen and oxygen atoms in total. The van der Waals surface area contributed by atoms with E-state index in [-0.39, 0.29) is 5.92 Å². The van der Waals surface area contributed by atoms with E-state index in [0.29, 0.717) is 19.4 Å². The molecule has 1 saturated heterocycles. The van der Waals surface area contributed by atoms with Gasteiger partial charge < -0.3 is 24.4 Å². The molecule has 3 heterocycles. The SMILES string of the molecule is COc1ccc2nccc([C@H](O)CC[C@@H]3CCN(CCCc4cncn4C)C[C@@H]3C(=O)O)c2c1. The van der Waals surface area contributed by atoms with Crippen LogP contribution in [0.5, 0.6) is 5.75 Å². The Bertz CT molecular complexity index is 1120. The molecule has 0 radical (unpaired) electrons. The molecule has 3 aromatic rings. The van der Waals surface area contributed by atoms with E-state index in [0.717, 1.165) is 54.6 Å². The van der Waals surface area contributed by atoms with Crippen molar-refractivity contribution in [2.45, 2.75) is 38.2 Å². The normalized spacial score (nSPS) is 19.9. The molecule has 0 spiro atoms.